The highest BCUT2D eigenvalue weighted by molar-refractivity contribution is 7.26. The Bertz CT molecular complexity index is 3370. The van der Waals surface area contributed by atoms with E-state index in [2.05, 4.69) is 216 Å². The van der Waals surface area contributed by atoms with Crippen LogP contribution in [0, 0.1) is 0 Å². The van der Waals surface area contributed by atoms with Gasteiger partial charge in [-0.3, -0.25) is 0 Å². The third-order valence-electron chi connectivity index (χ3n) is 11.9. The molecule has 4 heteroatoms. The van der Waals surface area contributed by atoms with Gasteiger partial charge in [0.1, 0.15) is 0 Å². The first kappa shape index (κ1) is 34.1. The molecule has 0 bridgehead atoms. The Morgan fingerprint density at radius 1 is 0.305 bits per heavy atom. The fraction of sp³-hybridized carbons (Fsp3) is 0.0182. The summed E-state index contributed by atoms with van der Waals surface area (Å²) in [7, 11) is 0. The Morgan fingerprint density at radius 2 is 0.814 bits per heavy atom. The zero-order valence-electron chi connectivity index (χ0n) is 32.0. The predicted octanol–water partition coefficient (Wildman–Crippen LogP) is 16.6. The quantitative estimate of drug-likeness (QED) is 0.159. The Labute approximate surface area is 351 Å². The van der Waals surface area contributed by atoms with Crippen molar-refractivity contribution in [2.45, 2.75) is 6.42 Å². The van der Waals surface area contributed by atoms with Crippen molar-refractivity contribution < 1.29 is 0 Å². The molecular weight excluding hydrogens is 753 g/mol. The molecule has 12 rings (SSSR count). The Morgan fingerprint density at radius 3 is 1.51 bits per heavy atom. The summed E-state index contributed by atoms with van der Waals surface area (Å²) in [6, 6.07) is 75.8. The highest BCUT2D eigenvalue weighted by Gasteiger charge is 2.24. The van der Waals surface area contributed by atoms with Crippen molar-refractivity contribution >= 4 is 97.1 Å². The van der Waals surface area contributed by atoms with Crippen LogP contribution in [-0.4, -0.2) is 0 Å². The minimum absolute atomic E-state index is 0.918. The molecule has 0 saturated heterocycles. The smallest absolute Gasteiger partial charge is 0.0476 e. The van der Waals surface area contributed by atoms with Crippen molar-refractivity contribution in [1.82, 2.24) is 0 Å². The van der Waals surface area contributed by atoms with Crippen molar-refractivity contribution in [3.05, 3.63) is 217 Å². The van der Waals surface area contributed by atoms with Gasteiger partial charge in [0.15, 0.2) is 0 Å². The second-order valence-corrected chi connectivity index (χ2v) is 17.5. The van der Waals surface area contributed by atoms with E-state index in [9.17, 15) is 0 Å². The fourth-order valence-electron chi connectivity index (χ4n) is 9.17. The highest BCUT2D eigenvalue weighted by Crippen LogP contribution is 2.47. The molecule has 2 nitrogen and oxygen atoms in total. The zero-order chi connectivity index (χ0) is 38.9. The normalized spacial score (nSPS) is 12.0. The standard InChI is InChI=1S/C55H36N2S2/c1-4-13-36(14-5-1)44-20-12-21-46-45-27-23-40(31-37(45)32-49(44)46)56(38-15-6-2-7-16-38)43-24-28-48-51-34-42(26-30-54(51)59-55(48)35-43)57(39-17-8-3-9-18-39)41-25-29-53-50(33-41)47-19-10-11-22-52(47)58-53/h1-31,33-35H,32H2. The molecule has 0 radical (unpaired) electrons. The van der Waals surface area contributed by atoms with Crippen LogP contribution in [0.4, 0.5) is 34.1 Å². The number of hydrogen-bond donors (Lipinski definition) is 0. The molecule has 59 heavy (non-hydrogen) atoms. The molecule has 2 heterocycles. The average molecular weight is 789 g/mol. The van der Waals surface area contributed by atoms with Gasteiger partial charge in [-0.25, -0.2) is 0 Å². The summed E-state index contributed by atoms with van der Waals surface area (Å²) in [4.78, 5) is 4.81. The lowest BCUT2D eigenvalue weighted by atomic mass is 9.96. The van der Waals surface area contributed by atoms with Gasteiger partial charge >= 0.3 is 0 Å². The number of fused-ring (bicyclic) bond motifs is 9. The van der Waals surface area contributed by atoms with Crippen LogP contribution < -0.4 is 9.80 Å². The van der Waals surface area contributed by atoms with Gasteiger partial charge in [-0.15, -0.1) is 22.7 Å². The number of rotatable bonds is 7. The monoisotopic (exact) mass is 788 g/mol. The first-order chi connectivity index (χ1) is 29.2. The molecule has 0 aliphatic heterocycles. The SMILES string of the molecule is c1ccc(-c2cccc3c2Cc2cc(N(c4ccccc4)c4ccc5c(c4)sc4ccc(N(c6ccccc6)c6ccc7sc8ccccc8c7c6)cc45)ccc2-3)cc1. The number of para-hydroxylation sites is 2. The molecule has 2 aromatic heterocycles. The summed E-state index contributed by atoms with van der Waals surface area (Å²) >= 11 is 3.73. The molecule has 278 valence electrons. The number of anilines is 6. The van der Waals surface area contributed by atoms with Crippen LogP contribution in [-0.2, 0) is 6.42 Å². The van der Waals surface area contributed by atoms with Gasteiger partial charge in [0, 0.05) is 74.5 Å². The van der Waals surface area contributed by atoms with E-state index in [0.29, 0.717) is 0 Å². The van der Waals surface area contributed by atoms with Crippen LogP contribution in [0.2, 0.25) is 0 Å². The summed E-state index contributed by atoms with van der Waals surface area (Å²) in [5.41, 5.74) is 14.9. The summed E-state index contributed by atoms with van der Waals surface area (Å²) in [5.74, 6) is 0. The maximum Gasteiger partial charge on any atom is 0.0476 e. The van der Waals surface area contributed by atoms with E-state index in [1.807, 2.05) is 22.7 Å². The first-order valence-corrected chi connectivity index (χ1v) is 21.8. The van der Waals surface area contributed by atoms with Crippen molar-refractivity contribution in [1.29, 1.82) is 0 Å². The second-order valence-electron chi connectivity index (χ2n) is 15.3. The molecular formula is C55H36N2S2. The van der Waals surface area contributed by atoms with Gasteiger partial charge in [0.05, 0.1) is 0 Å². The molecule has 0 unspecified atom stereocenters. The summed E-state index contributed by atoms with van der Waals surface area (Å²) in [6.07, 6.45) is 0.918. The Balaban J connectivity index is 0.948. The lowest BCUT2D eigenvalue weighted by Crippen LogP contribution is -2.10. The lowest BCUT2D eigenvalue weighted by molar-refractivity contribution is 1.23. The van der Waals surface area contributed by atoms with E-state index in [4.69, 9.17) is 0 Å². The Kier molecular flexibility index (Phi) is 8.00. The van der Waals surface area contributed by atoms with Crippen LogP contribution in [0.1, 0.15) is 11.1 Å². The molecule has 9 aromatic carbocycles. The van der Waals surface area contributed by atoms with Crippen molar-refractivity contribution in [3.63, 3.8) is 0 Å². The van der Waals surface area contributed by atoms with Crippen LogP contribution in [0.15, 0.2) is 206 Å². The summed E-state index contributed by atoms with van der Waals surface area (Å²) in [5, 5.41) is 5.15. The van der Waals surface area contributed by atoms with Crippen LogP contribution in [0.5, 0.6) is 0 Å². The minimum Gasteiger partial charge on any atom is -0.310 e. The van der Waals surface area contributed by atoms with Gasteiger partial charge in [0.25, 0.3) is 0 Å². The molecule has 0 N–H and O–H groups in total. The first-order valence-electron chi connectivity index (χ1n) is 20.1. The van der Waals surface area contributed by atoms with E-state index in [-0.39, 0.29) is 0 Å². The molecule has 0 spiro atoms. The van der Waals surface area contributed by atoms with Crippen molar-refractivity contribution in [2.24, 2.45) is 0 Å². The summed E-state index contributed by atoms with van der Waals surface area (Å²) in [6.45, 7) is 0. The minimum atomic E-state index is 0.918. The molecule has 1 aliphatic rings. The van der Waals surface area contributed by atoms with Gasteiger partial charge < -0.3 is 9.80 Å². The maximum atomic E-state index is 2.41. The summed E-state index contributed by atoms with van der Waals surface area (Å²) < 4.78 is 5.18. The van der Waals surface area contributed by atoms with Crippen molar-refractivity contribution in [2.75, 3.05) is 9.80 Å². The number of hydrogen-bond acceptors (Lipinski definition) is 4. The Hall–Kier alpha value is -6.98. The molecule has 11 aromatic rings. The van der Waals surface area contributed by atoms with E-state index < -0.39 is 0 Å². The van der Waals surface area contributed by atoms with Crippen LogP contribution in [0.25, 0.3) is 62.6 Å². The third kappa shape index (κ3) is 5.75. The molecule has 0 amide bonds. The van der Waals surface area contributed by atoms with Crippen LogP contribution in [0.3, 0.4) is 0 Å². The van der Waals surface area contributed by atoms with Gasteiger partial charge in [-0.2, -0.15) is 0 Å². The van der Waals surface area contributed by atoms with Gasteiger partial charge in [-0.05, 0) is 131 Å². The lowest BCUT2D eigenvalue weighted by Gasteiger charge is -2.26. The molecule has 0 fully saturated rings. The molecule has 0 saturated carbocycles. The van der Waals surface area contributed by atoms with Gasteiger partial charge in [0.2, 0.25) is 0 Å². The molecule has 1 aliphatic carbocycles. The van der Waals surface area contributed by atoms with Crippen molar-refractivity contribution in [3.8, 4) is 22.3 Å². The largest absolute Gasteiger partial charge is 0.310 e. The van der Waals surface area contributed by atoms with E-state index in [0.717, 1.165) is 34.9 Å². The average Bonchev–Trinajstić information content (AvgIpc) is 3.98. The van der Waals surface area contributed by atoms with E-state index in [1.165, 1.54) is 79.4 Å². The number of thiophene rings is 2. The predicted molar refractivity (Wildman–Crippen MR) is 255 cm³/mol. The van der Waals surface area contributed by atoms with Crippen LogP contribution >= 0.6 is 22.7 Å². The van der Waals surface area contributed by atoms with E-state index >= 15 is 0 Å². The number of benzene rings is 9. The van der Waals surface area contributed by atoms with E-state index in [1.54, 1.807) is 0 Å². The fourth-order valence-corrected chi connectivity index (χ4v) is 11.4. The highest BCUT2D eigenvalue weighted by atomic mass is 32.1. The molecule has 0 atom stereocenters. The number of nitrogens with zero attached hydrogens (tertiary/aromatic N) is 2. The van der Waals surface area contributed by atoms with Gasteiger partial charge in [-0.1, -0.05) is 115 Å². The maximum absolute atomic E-state index is 2.41. The second kappa shape index (κ2) is 13.8. The zero-order valence-corrected chi connectivity index (χ0v) is 33.7. The topological polar surface area (TPSA) is 6.48 Å². The third-order valence-corrected chi connectivity index (χ3v) is 14.2.